The van der Waals surface area contributed by atoms with Crippen molar-refractivity contribution < 1.29 is 14.7 Å². The summed E-state index contributed by atoms with van der Waals surface area (Å²) in [6.45, 7) is 0. The van der Waals surface area contributed by atoms with Crippen LogP contribution >= 0.6 is 0 Å². The highest BCUT2D eigenvalue weighted by Gasteiger charge is 2.50. The summed E-state index contributed by atoms with van der Waals surface area (Å²) in [5.41, 5.74) is 0.483. The number of nitrogens with one attached hydrogen (secondary N) is 1. The van der Waals surface area contributed by atoms with Crippen LogP contribution in [0.25, 0.3) is 0 Å². The van der Waals surface area contributed by atoms with E-state index in [-0.39, 0.29) is 12.3 Å². The Balaban J connectivity index is 1.49. The molecule has 0 heterocycles. The molecule has 0 radical (unpaired) electrons. The van der Waals surface area contributed by atoms with Crippen LogP contribution in [0.3, 0.4) is 0 Å². The summed E-state index contributed by atoms with van der Waals surface area (Å²) >= 11 is 0. The predicted molar refractivity (Wildman–Crippen MR) is 72.8 cm³/mol. The van der Waals surface area contributed by atoms with Gasteiger partial charge in [-0.15, -0.1) is 0 Å². The molecule has 2 aliphatic carbocycles. The molecule has 0 aliphatic heterocycles. The third-order valence-electron chi connectivity index (χ3n) is 4.90. The number of carboxylic acid groups (broad SMARTS) is 1. The van der Waals surface area contributed by atoms with Gasteiger partial charge < -0.3 is 10.4 Å². The van der Waals surface area contributed by atoms with Crippen LogP contribution in [0, 0.1) is 5.41 Å². The van der Waals surface area contributed by atoms with Crippen molar-refractivity contribution in [1.29, 1.82) is 0 Å². The van der Waals surface area contributed by atoms with Crippen LogP contribution < -0.4 is 5.32 Å². The van der Waals surface area contributed by atoms with Crippen LogP contribution in [0.4, 0.5) is 0 Å². The van der Waals surface area contributed by atoms with Crippen molar-refractivity contribution in [2.45, 2.75) is 76.7 Å². The summed E-state index contributed by atoms with van der Waals surface area (Å²) in [7, 11) is 0. The van der Waals surface area contributed by atoms with E-state index in [1.54, 1.807) is 0 Å². The van der Waals surface area contributed by atoms with Crippen molar-refractivity contribution in [1.82, 2.24) is 5.32 Å². The Kier molecular flexibility index (Phi) is 4.83. The maximum Gasteiger partial charge on any atom is 0.303 e. The van der Waals surface area contributed by atoms with Gasteiger partial charge in [-0.1, -0.05) is 19.3 Å². The minimum Gasteiger partial charge on any atom is -0.481 e. The second-order valence-corrected chi connectivity index (χ2v) is 6.18. The average Bonchev–Trinajstić information content (AvgIpc) is 2.27. The quantitative estimate of drug-likeness (QED) is 0.664. The van der Waals surface area contributed by atoms with Crippen LogP contribution in [-0.2, 0) is 9.59 Å². The molecule has 108 valence electrons. The van der Waals surface area contributed by atoms with Gasteiger partial charge in [-0.05, 0) is 43.9 Å². The molecule has 1 atom stereocenters. The lowest BCUT2D eigenvalue weighted by atomic mass is 9.53. The summed E-state index contributed by atoms with van der Waals surface area (Å²) in [5, 5.41) is 11.7. The van der Waals surface area contributed by atoms with E-state index in [2.05, 4.69) is 5.32 Å². The lowest BCUT2D eigenvalue weighted by molar-refractivity contribution is -0.137. The van der Waals surface area contributed by atoms with Crippen molar-refractivity contribution in [2.24, 2.45) is 5.41 Å². The number of unbranched alkanes of at least 4 members (excludes halogenated alkanes) is 3. The highest BCUT2D eigenvalue weighted by molar-refractivity contribution is 5.76. The minimum absolute atomic E-state index is 0.189. The molecule has 19 heavy (non-hydrogen) atoms. The Morgan fingerprint density at radius 3 is 2.21 bits per heavy atom. The van der Waals surface area contributed by atoms with Gasteiger partial charge in [-0.2, -0.15) is 0 Å². The molecular weight excluding hydrogens is 242 g/mol. The number of hydrogen-bond donors (Lipinski definition) is 2. The van der Waals surface area contributed by atoms with E-state index in [4.69, 9.17) is 5.11 Å². The van der Waals surface area contributed by atoms with Crippen LogP contribution in [0.1, 0.15) is 70.6 Å². The number of carbonyl (C=O) groups excluding carboxylic acids is 1. The highest BCUT2D eigenvalue weighted by atomic mass is 16.4. The number of rotatable bonds is 8. The molecule has 1 unspecified atom stereocenters. The Morgan fingerprint density at radius 1 is 1.05 bits per heavy atom. The Morgan fingerprint density at radius 2 is 1.74 bits per heavy atom. The van der Waals surface area contributed by atoms with Crippen molar-refractivity contribution in [3.8, 4) is 0 Å². The molecule has 0 aromatic carbocycles. The maximum absolute atomic E-state index is 11.8. The lowest BCUT2D eigenvalue weighted by Gasteiger charge is -2.56. The normalized spacial score (nSPS) is 23.5. The second kappa shape index (κ2) is 6.40. The fourth-order valence-corrected chi connectivity index (χ4v) is 3.33. The lowest BCUT2D eigenvalue weighted by Crippen LogP contribution is -2.58. The van der Waals surface area contributed by atoms with Gasteiger partial charge in [0, 0.05) is 18.9 Å². The topological polar surface area (TPSA) is 66.4 Å². The fourth-order valence-electron chi connectivity index (χ4n) is 3.33. The van der Waals surface area contributed by atoms with Gasteiger partial charge >= 0.3 is 5.97 Å². The third-order valence-corrected chi connectivity index (χ3v) is 4.90. The summed E-state index contributed by atoms with van der Waals surface area (Å²) < 4.78 is 0. The fraction of sp³-hybridized carbons (Fsp3) is 0.867. The zero-order valence-corrected chi connectivity index (χ0v) is 11.6. The molecule has 2 aliphatic rings. The van der Waals surface area contributed by atoms with Gasteiger partial charge in [-0.3, -0.25) is 9.59 Å². The molecule has 4 heteroatoms. The first-order chi connectivity index (χ1) is 9.12. The SMILES string of the molecule is O=C(O)CCCCCCC(=O)NC1CCC12CCC2. The molecule has 2 fully saturated rings. The zero-order chi connectivity index (χ0) is 13.7. The van der Waals surface area contributed by atoms with Crippen molar-refractivity contribution >= 4 is 11.9 Å². The largest absolute Gasteiger partial charge is 0.481 e. The van der Waals surface area contributed by atoms with Gasteiger partial charge in [0.15, 0.2) is 0 Å². The van der Waals surface area contributed by atoms with Crippen LogP contribution in [0.15, 0.2) is 0 Å². The second-order valence-electron chi connectivity index (χ2n) is 6.18. The number of carbonyl (C=O) groups is 2. The number of carboxylic acids is 1. The molecule has 0 saturated heterocycles. The Labute approximate surface area is 115 Å². The molecule has 4 nitrogen and oxygen atoms in total. The van der Waals surface area contributed by atoms with Crippen molar-refractivity contribution in [2.75, 3.05) is 0 Å². The first kappa shape index (κ1) is 14.4. The van der Waals surface area contributed by atoms with E-state index in [1.165, 1.54) is 25.7 Å². The number of hydrogen-bond acceptors (Lipinski definition) is 2. The molecule has 2 rings (SSSR count). The van der Waals surface area contributed by atoms with Crippen LogP contribution in [-0.4, -0.2) is 23.0 Å². The molecule has 1 spiro atoms. The van der Waals surface area contributed by atoms with E-state index < -0.39 is 5.97 Å². The van der Waals surface area contributed by atoms with Crippen LogP contribution in [0.2, 0.25) is 0 Å². The third kappa shape index (κ3) is 3.71. The Bertz CT molecular complexity index is 331. The monoisotopic (exact) mass is 267 g/mol. The minimum atomic E-state index is -0.728. The summed E-state index contributed by atoms with van der Waals surface area (Å²) in [4.78, 5) is 22.1. The van der Waals surface area contributed by atoms with Gasteiger partial charge in [0.1, 0.15) is 0 Å². The van der Waals surface area contributed by atoms with Gasteiger partial charge in [-0.25, -0.2) is 0 Å². The van der Waals surface area contributed by atoms with Gasteiger partial charge in [0.05, 0.1) is 0 Å². The average molecular weight is 267 g/mol. The molecule has 1 amide bonds. The van der Waals surface area contributed by atoms with Gasteiger partial charge in [0.2, 0.25) is 5.91 Å². The van der Waals surface area contributed by atoms with E-state index in [9.17, 15) is 9.59 Å². The smallest absolute Gasteiger partial charge is 0.303 e. The van der Waals surface area contributed by atoms with Crippen molar-refractivity contribution in [3.63, 3.8) is 0 Å². The van der Waals surface area contributed by atoms with Crippen molar-refractivity contribution in [3.05, 3.63) is 0 Å². The van der Waals surface area contributed by atoms with E-state index in [0.717, 1.165) is 32.1 Å². The van der Waals surface area contributed by atoms with Gasteiger partial charge in [0.25, 0.3) is 0 Å². The molecule has 2 saturated carbocycles. The number of aliphatic carboxylic acids is 1. The maximum atomic E-state index is 11.8. The molecule has 0 aromatic heterocycles. The van der Waals surface area contributed by atoms with Crippen LogP contribution in [0.5, 0.6) is 0 Å². The zero-order valence-electron chi connectivity index (χ0n) is 11.6. The molecule has 2 N–H and O–H groups in total. The van der Waals surface area contributed by atoms with E-state index in [0.29, 0.717) is 17.9 Å². The molecular formula is C15H25NO3. The standard InChI is InChI=1S/C15H25NO3/c17-13(6-3-1-2-4-7-14(18)19)16-12-8-11-15(12)9-5-10-15/h12H,1-11H2,(H,16,17)(H,18,19). The summed E-state index contributed by atoms with van der Waals surface area (Å²) in [6.07, 6.45) is 10.7. The highest BCUT2D eigenvalue weighted by Crippen LogP contribution is 2.55. The first-order valence-corrected chi connectivity index (χ1v) is 7.64. The predicted octanol–water partition coefficient (Wildman–Crippen LogP) is 2.86. The summed E-state index contributed by atoms with van der Waals surface area (Å²) in [5.74, 6) is -0.539. The van der Waals surface area contributed by atoms with E-state index >= 15 is 0 Å². The van der Waals surface area contributed by atoms with E-state index in [1.807, 2.05) is 0 Å². The number of amides is 1. The Hall–Kier alpha value is -1.06. The first-order valence-electron chi connectivity index (χ1n) is 7.64. The molecule has 0 bridgehead atoms. The molecule has 0 aromatic rings. The summed E-state index contributed by atoms with van der Waals surface area (Å²) in [6, 6.07) is 0.445.